The number of rotatable bonds is 9. The van der Waals surface area contributed by atoms with E-state index in [0.29, 0.717) is 19.4 Å². The molecule has 0 amide bonds. The van der Waals surface area contributed by atoms with Crippen LogP contribution in [0, 0.1) is 0 Å². The zero-order valence-electron chi connectivity index (χ0n) is 17.5. The number of carbonyl (C=O) groups excluding carboxylic acids is 1. The van der Waals surface area contributed by atoms with Crippen molar-refractivity contribution in [3.05, 3.63) is 73.3 Å². The van der Waals surface area contributed by atoms with Crippen LogP contribution in [0.5, 0.6) is 0 Å². The van der Waals surface area contributed by atoms with E-state index in [9.17, 15) is 4.79 Å². The van der Waals surface area contributed by atoms with Crippen LogP contribution in [-0.4, -0.2) is 27.0 Å². The Morgan fingerprint density at radius 3 is 1.93 bits per heavy atom. The molecule has 0 saturated heterocycles. The van der Waals surface area contributed by atoms with Gasteiger partial charge in [-0.1, -0.05) is 87.5 Å². The van der Waals surface area contributed by atoms with Gasteiger partial charge in [0, 0.05) is 0 Å². The van der Waals surface area contributed by atoms with Crippen LogP contribution in [0.15, 0.2) is 73.3 Å². The highest BCUT2D eigenvalue weighted by Gasteiger charge is 2.52. The fraction of sp³-hybridized carbons (Fsp3) is 0.375. The van der Waals surface area contributed by atoms with Crippen LogP contribution in [0.3, 0.4) is 0 Å². The third-order valence-electron chi connectivity index (χ3n) is 4.92. The summed E-state index contributed by atoms with van der Waals surface area (Å²) < 4.78 is 12.3. The maximum atomic E-state index is 12.8. The largest absolute Gasteiger partial charge is 0.464 e. The van der Waals surface area contributed by atoms with E-state index in [2.05, 4.69) is 51.6 Å². The first-order chi connectivity index (χ1) is 13.4. The number of ether oxygens (including phenoxy) is 1. The molecule has 0 N–H and O–H groups in total. The second kappa shape index (κ2) is 9.85. The van der Waals surface area contributed by atoms with Crippen LogP contribution in [0.25, 0.3) is 0 Å². The van der Waals surface area contributed by atoms with E-state index in [4.69, 9.17) is 9.16 Å². The van der Waals surface area contributed by atoms with Gasteiger partial charge in [-0.2, -0.15) is 0 Å². The van der Waals surface area contributed by atoms with Gasteiger partial charge in [0.2, 0.25) is 0 Å². The van der Waals surface area contributed by atoms with Crippen molar-refractivity contribution < 1.29 is 14.0 Å². The second-order valence-corrected chi connectivity index (χ2v) is 12.1. The van der Waals surface area contributed by atoms with Crippen molar-refractivity contribution in [2.24, 2.45) is 0 Å². The molecule has 0 spiro atoms. The summed E-state index contributed by atoms with van der Waals surface area (Å²) in [7, 11) is -2.79. The van der Waals surface area contributed by atoms with E-state index < -0.39 is 14.4 Å². The highest BCUT2D eigenvalue weighted by Crippen LogP contribution is 2.38. The zero-order chi connectivity index (χ0) is 20.6. The fourth-order valence-electron chi connectivity index (χ4n) is 3.63. The van der Waals surface area contributed by atoms with E-state index in [1.54, 1.807) is 0 Å². The van der Waals surface area contributed by atoms with Gasteiger partial charge in [0.1, 0.15) is 6.10 Å². The molecule has 0 aliphatic carbocycles. The van der Waals surface area contributed by atoms with Gasteiger partial charge in [-0.15, -0.1) is 6.58 Å². The van der Waals surface area contributed by atoms with Gasteiger partial charge in [0.15, 0.2) is 0 Å². The number of allylic oxidation sites excluding steroid dienone is 1. The van der Waals surface area contributed by atoms with Crippen LogP contribution in [0.2, 0.25) is 5.04 Å². The highest BCUT2D eigenvalue weighted by atomic mass is 28.4. The lowest BCUT2D eigenvalue weighted by molar-refractivity contribution is -0.152. The molecule has 2 rings (SSSR count). The van der Waals surface area contributed by atoms with Crippen molar-refractivity contribution in [2.75, 3.05) is 6.61 Å². The van der Waals surface area contributed by atoms with Gasteiger partial charge in [-0.05, 0) is 35.2 Å². The minimum atomic E-state index is -2.79. The first-order valence-electron chi connectivity index (χ1n) is 9.93. The molecule has 0 radical (unpaired) electrons. The lowest BCUT2D eigenvalue weighted by Gasteiger charge is -2.44. The summed E-state index contributed by atoms with van der Waals surface area (Å²) in [5.41, 5.74) is 0. The minimum Gasteiger partial charge on any atom is -0.464 e. The van der Waals surface area contributed by atoms with Crippen LogP contribution in [0.4, 0.5) is 0 Å². The van der Waals surface area contributed by atoms with Gasteiger partial charge < -0.3 is 9.16 Å². The summed E-state index contributed by atoms with van der Waals surface area (Å²) >= 11 is 0. The molecule has 0 aliphatic heterocycles. The molecule has 2 aromatic rings. The van der Waals surface area contributed by atoms with Crippen LogP contribution >= 0.6 is 0 Å². The predicted octanol–water partition coefficient (Wildman–Crippen LogP) is 4.46. The third-order valence-corrected chi connectivity index (χ3v) is 9.96. The van der Waals surface area contributed by atoms with Crippen LogP contribution in [-0.2, 0) is 14.0 Å². The SMILES string of the molecule is C=CCCC(O[Si](c1ccccc1)(c1ccccc1)C(C)(C)C)C(=O)OCC. The Morgan fingerprint density at radius 1 is 1.04 bits per heavy atom. The van der Waals surface area contributed by atoms with E-state index in [1.807, 2.05) is 49.4 Å². The fourth-order valence-corrected chi connectivity index (χ4v) is 8.29. The van der Waals surface area contributed by atoms with Crippen LogP contribution < -0.4 is 10.4 Å². The highest BCUT2D eigenvalue weighted by molar-refractivity contribution is 6.99. The molecule has 0 saturated carbocycles. The Morgan fingerprint density at radius 2 is 1.54 bits per heavy atom. The second-order valence-electron chi connectivity index (χ2n) is 7.89. The Hall–Kier alpha value is -2.17. The summed E-state index contributed by atoms with van der Waals surface area (Å²) in [5.74, 6) is -0.294. The molecule has 2 aromatic carbocycles. The average Bonchev–Trinajstić information content (AvgIpc) is 2.69. The van der Waals surface area contributed by atoms with Crippen molar-refractivity contribution in [3.63, 3.8) is 0 Å². The molecule has 0 heterocycles. The molecule has 0 fully saturated rings. The van der Waals surface area contributed by atoms with Crippen molar-refractivity contribution in [1.82, 2.24) is 0 Å². The first kappa shape index (κ1) is 22.1. The van der Waals surface area contributed by atoms with E-state index in [0.717, 1.165) is 10.4 Å². The summed E-state index contributed by atoms with van der Waals surface area (Å²) in [6.45, 7) is 12.6. The van der Waals surface area contributed by atoms with E-state index in [1.165, 1.54) is 0 Å². The van der Waals surface area contributed by atoms with Gasteiger partial charge >= 0.3 is 5.97 Å². The molecule has 28 heavy (non-hydrogen) atoms. The van der Waals surface area contributed by atoms with Crippen molar-refractivity contribution in [3.8, 4) is 0 Å². The molecule has 150 valence electrons. The average molecular weight is 397 g/mol. The van der Waals surface area contributed by atoms with Gasteiger partial charge in [-0.25, -0.2) is 4.79 Å². The summed E-state index contributed by atoms with van der Waals surface area (Å²) in [5, 5.41) is 2.12. The summed E-state index contributed by atoms with van der Waals surface area (Å²) in [6, 6.07) is 20.7. The quantitative estimate of drug-likeness (QED) is 0.357. The standard InChI is InChI=1S/C24H32O3Si/c1-6-8-19-22(23(25)26-7-2)27-28(24(3,4)5,20-15-11-9-12-16-20)21-17-13-10-14-18-21/h6,9-18,22H,1,7-8,19H2,2-5H3. The Balaban J connectivity index is 2.65. The van der Waals surface area contributed by atoms with Crippen LogP contribution in [0.1, 0.15) is 40.5 Å². The van der Waals surface area contributed by atoms with Gasteiger partial charge in [0.05, 0.1) is 6.61 Å². The maximum Gasteiger partial charge on any atom is 0.334 e. The van der Waals surface area contributed by atoms with E-state index >= 15 is 0 Å². The minimum absolute atomic E-state index is 0.186. The molecule has 1 atom stereocenters. The monoisotopic (exact) mass is 396 g/mol. The Bertz CT molecular complexity index is 711. The summed E-state index contributed by atoms with van der Waals surface area (Å²) in [4.78, 5) is 12.8. The topological polar surface area (TPSA) is 35.5 Å². The molecule has 0 bridgehead atoms. The molecule has 4 heteroatoms. The lowest BCUT2D eigenvalue weighted by Crippen LogP contribution is -2.68. The molecule has 3 nitrogen and oxygen atoms in total. The van der Waals surface area contributed by atoms with Gasteiger partial charge in [-0.3, -0.25) is 0 Å². The summed E-state index contributed by atoms with van der Waals surface area (Å²) in [6.07, 6.45) is 2.46. The maximum absolute atomic E-state index is 12.8. The van der Waals surface area contributed by atoms with Crippen molar-refractivity contribution in [2.45, 2.75) is 51.7 Å². The third kappa shape index (κ3) is 4.81. The lowest BCUT2D eigenvalue weighted by atomic mass is 10.2. The molecule has 0 aromatic heterocycles. The zero-order valence-corrected chi connectivity index (χ0v) is 18.5. The van der Waals surface area contributed by atoms with E-state index in [-0.39, 0.29) is 11.0 Å². The predicted molar refractivity (Wildman–Crippen MR) is 119 cm³/mol. The number of carbonyl (C=O) groups is 1. The number of hydrogen-bond donors (Lipinski definition) is 0. The number of esters is 1. The number of benzene rings is 2. The van der Waals surface area contributed by atoms with Crippen molar-refractivity contribution in [1.29, 1.82) is 0 Å². The molecular formula is C24H32O3Si. The molecule has 0 aliphatic rings. The normalized spacial score (nSPS) is 13.0. The van der Waals surface area contributed by atoms with Gasteiger partial charge in [0.25, 0.3) is 8.32 Å². The molecular weight excluding hydrogens is 364 g/mol. The van der Waals surface area contributed by atoms with Crippen molar-refractivity contribution >= 4 is 24.7 Å². The first-order valence-corrected chi connectivity index (χ1v) is 11.8. The smallest absolute Gasteiger partial charge is 0.334 e. The molecule has 1 unspecified atom stereocenters. The number of hydrogen-bond acceptors (Lipinski definition) is 3. The Labute approximate surface area is 170 Å². The Kier molecular flexibility index (Phi) is 7.78.